The minimum Gasteiger partial charge on any atom is -0.381 e. The molecule has 2 rings (SSSR count). The van der Waals surface area contributed by atoms with Crippen molar-refractivity contribution in [2.45, 2.75) is 25.9 Å². The van der Waals surface area contributed by atoms with Crippen LogP contribution < -0.4 is 10.6 Å². The van der Waals surface area contributed by atoms with Crippen LogP contribution >= 0.6 is 0 Å². The van der Waals surface area contributed by atoms with Crippen LogP contribution in [0, 0.1) is 11.6 Å². The molecule has 6 heteroatoms. The smallest absolute Gasteiger partial charge is 0.168 e. The van der Waals surface area contributed by atoms with Crippen LogP contribution in [0.2, 0.25) is 0 Å². The third-order valence-corrected chi connectivity index (χ3v) is 3.08. The fourth-order valence-electron chi connectivity index (χ4n) is 2.16. The topological polar surface area (TPSA) is 51.4 Å². The van der Waals surface area contributed by atoms with Crippen LogP contribution in [0.15, 0.2) is 6.07 Å². The molecule has 0 bridgehead atoms. The second kappa shape index (κ2) is 5.48. The first-order valence-electron chi connectivity index (χ1n) is 6.10. The van der Waals surface area contributed by atoms with Crippen molar-refractivity contribution in [3.8, 4) is 0 Å². The summed E-state index contributed by atoms with van der Waals surface area (Å²) < 4.78 is 32.2. The second-order valence-electron chi connectivity index (χ2n) is 4.30. The maximum atomic E-state index is 13.6. The molecule has 0 aliphatic carbocycles. The molecule has 1 aliphatic rings. The molecule has 1 aliphatic heterocycles. The standard InChI is InChI=1S/C12H17F2N3O/c1-2-18-8-3-5-17(6-4-8)12-10(14)7-9(13)11(15)16-12/h7-8H,2-6H2,1H3,(H2,15,16). The highest BCUT2D eigenvalue weighted by molar-refractivity contribution is 5.47. The minimum atomic E-state index is -0.819. The Morgan fingerprint density at radius 3 is 2.67 bits per heavy atom. The molecule has 0 amide bonds. The van der Waals surface area contributed by atoms with Gasteiger partial charge in [0.05, 0.1) is 6.10 Å². The summed E-state index contributed by atoms with van der Waals surface area (Å²) in [5.74, 6) is -1.63. The lowest BCUT2D eigenvalue weighted by Gasteiger charge is -2.32. The highest BCUT2D eigenvalue weighted by Crippen LogP contribution is 2.24. The summed E-state index contributed by atoms with van der Waals surface area (Å²) in [4.78, 5) is 5.56. The zero-order chi connectivity index (χ0) is 13.1. The number of nitrogens with zero attached hydrogens (tertiary/aromatic N) is 2. The lowest BCUT2D eigenvalue weighted by Crippen LogP contribution is -2.38. The Kier molecular flexibility index (Phi) is 3.96. The van der Waals surface area contributed by atoms with E-state index in [-0.39, 0.29) is 17.7 Å². The molecule has 0 unspecified atom stereocenters. The average molecular weight is 257 g/mol. The van der Waals surface area contributed by atoms with Gasteiger partial charge in [0.1, 0.15) is 0 Å². The monoisotopic (exact) mass is 257 g/mol. The van der Waals surface area contributed by atoms with Gasteiger partial charge < -0.3 is 15.4 Å². The molecule has 100 valence electrons. The molecular formula is C12H17F2N3O. The van der Waals surface area contributed by atoms with Crippen LogP contribution in [0.3, 0.4) is 0 Å². The van der Waals surface area contributed by atoms with E-state index in [0.29, 0.717) is 19.7 Å². The number of nitrogen functional groups attached to an aromatic ring is 1. The fraction of sp³-hybridized carbons (Fsp3) is 0.583. The average Bonchev–Trinajstić information content (AvgIpc) is 2.35. The van der Waals surface area contributed by atoms with Crippen LogP contribution in [0.1, 0.15) is 19.8 Å². The van der Waals surface area contributed by atoms with E-state index in [9.17, 15) is 8.78 Å². The van der Waals surface area contributed by atoms with Gasteiger partial charge in [-0.2, -0.15) is 0 Å². The predicted octanol–water partition coefficient (Wildman–Crippen LogP) is 1.95. The van der Waals surface area contributed by atoms with Crippen molar-refractivity contribution in [3.05, 3.63) is 17.7 Å². The number of piperidine rings is 1. The zero-order valence-electron chi connectivity index (χ0n) is 10.3. The number of ether oxygens (including phenoxy) is 1. The van der Waals surface area contributed by atoms with Gasteiger partial charge in [-0.15, -0.1) is 0 Å². The van der Waals surface area contributed by atoms with E-state index in [4.69, 9.17) is 10.5 Å². The van der Waals surface area contributed by atoms with Gasteiger partial charge in [-0.25, -0.2) is 13.8 Å². The molecule has 1 fully saturated rings. The van der Waals surface area contributed by atoms with E-state index in [1.54, 1.807) is 4.90 Å². The minimum absolute atomic E-state index is 0.129. The molecule has 0 radical (unpaired) electrons. The molecule has 2 heterocycles. The van der Waals surface area contributed by atoms with Crippen LogP contribution in [0.4, 0.5) is 20.4 Å². The molecule has 0 spiro atoms. The van der Waals surface area contributed by atoms with Crippen LogP contribution in [0.25, 0.3) is 0 Å². The van der Waals surface area contributed by atoms with E-state index in [0.717, 1.165) is 18.9 Å². The fourth-order valence-corrected chi connectivity index (χ4v) is 2.16. The summed E-state index contributed by atoms with van der Waals surface area (Å²) in [5.41, 5.74) is 5.37. The van der Waals surface area contributed by atoms with Crippen molar-refractivity contribution < 1.29 is 13.5 Å². The number of rotatable bonds is 3. The normalized spacial score (nSPS) is 17.2. The van der Waals surface area contributed by atoms with Gasteiger partial charge in [-0.05, 0) is 19.8 Å². The Labute approximate surface area is 105 Å². The van der Waals surface area contributed by atoms with Gasteiger partial charge in [0.2, 0.25) is 0 Å². The lowest BCUT2D eigenvalue weighted by atomic mass is 10.1. The summed E-state index contributed by atoms with van der Waals surface area (Å²) in [6, 6.07) is 0.784. The predicted molar refractivity (Wildman–Crippen MR) is 65.4 cm³/mol. The Hall–Kier alpha value is -1.43. The summed E-state index contributed by atoms with van der Waals surface area (Å²) >= 11 is 0. The molecule has 0 saturated carbocycles. The SMILES string of the molecule is CCOC1CCN(c2nc(N)c(F)cc2F)CC1. The third kappa shape index (κ3) is 2.69. The van der Waals surface area contributed by atoms with Gasteiger partial charge in [-0.3, -0.25) is 0 Å². The van der Waals surface area contributed by atoms with Crippen LogP contribution in [-0.4, -0.2) is 30.8 Å². The zero-order valence-corrected chi connectivity index (χ0v) is 10.3. The van der Waals surface area contributed by atoms with Crippen molar-refractivity contribution >= 4 is 11.6 Å². The van der Waals surface area contributed by atoms with E-state index < -0.39 is 11.6 Å². The quantitative estimate of drug-likeness (QED) is 0.899. The maximum Gasteiger partial charge on any atom is 0.168 e. The molecule has 4 nitrogen and oxygen atoms in total. The molecule has 0 aromatic carbocycles. The van der Waals surface area contributed by atoms with E-state index in [1.807, 2.05) is 6.92 Å². The van der Waals surface area contributed by atoms with E-state index in [2.05, 4.69) is 4.98 Å². The largest absolute Gasteiger partial charge is 0.381 e. The molecule has 18 heavy (non-hydrogen) atoms. The Morgan fingerprint density at radius 1 is 1.39 bits per heavy atom. The van der Waals surface area contributed by atoms with Crippen molar-refractivity contribution in [1.29, 1.82) is 0 Å². The number of hydrogen-bond donors (Lipinski definition) is 1. The van der Waals surface area contributed by atoms with Crippen LogP contribution in [-0.2, 0) is 4.74 Å². The Bertz CT molecular complexity index is 420. The van der Waals surface area contributed by atoms with Crippen molar-refractivity contribution in [3.63, 3.8) is 0 Å². The second-order valence-corrected chi connectivity index (χ2v) is 4.30. The molecule has 1 saturated heterocycles. The highest BCUT2D eigenvalue weighted by Gasteiger charge is 2.23. The first-order chi connectivity index (χ1) is 8.61. The van der Waals surface area contributed by atoms with E-state index in [1.165, 1.54) is 0 Å². The molecular weight excluding hydrogens is 240 g/mol. The molecule has 0 atom stereocenters. The van der Waals surface area contributed by atoms with Gasteiger partial charge in [0.15, 0.2) is 23.3 Å². The van der Waals surface area contributed by atoms with Gasteiger partial charge in [0, 0.05) is 25.8 Å². The van der Waals surface area contributed by atoms with Crippen molar-refractivity contribution in [2.75, 3.05) is 30.3 Å². The number of anilines is 2. The lowest BCUT2D eigenvalue weighted by molar-refractivity contribution is 0.0457. The molecule has 2 N–H and O–H groups in total. The summed E-state index contributed by atoms with van der Waals surface area (Å²) in [6.07, 6.45) is 1.84. The number of nitrogens with two attached hydrogens (primary N) is 1. The molecule has 1 aromatic heterocycles. The molecule has 1 aromatic rings. The number of pyridine rings is 1. The first kappa shape index (κ1) is 13.0. The maximum absolute atomic E-state index is 13.6. The first-order valence-corrected chi connectivity index (χ1v) is 6.10. The van der Waals surface area contributed by atoms with Crippen molar-refractivity contribution in [2.24, 2.45) is 0 Å². The Morgan fingerprint density at radius 2 is 2.06 bits per heavy atom. The Balaban J connectivity index is 2.07. The summed E-state index contributed by atoms with van der Waals surface area (Å²) in [5, 5.41) is 0. The summed E-state index contributed by atoms with van der Waals surface area (Å²) in [7, 11) is 0. The number of halogens is 2. The van der Waals surface area contributed by atoms with Gasteiger partial charge in [0.25, 0.3) is 0 Å². The highest BCUT2D eigenvalue weighted by atomic mass is 19.1. The van der Waals surface area contributed by atoms with Gasteiger partial charge in [-0.1, -0.05) is 0 Å². The van der Waals surface area contributed by atoms with E-state index >= 15 is 0 Å². The third-order valence-electron chi connectivity index (χ3n) is 3.08. The number of aromatic nitrogens is 1. The van der Waals surface area contributed by atoms with Crippen molar-refractivity contribution in [1.82, 2.24) is 4.98 Å². The van der Waals surface area contributed by atoms with Gasteiger partial charge >= 0.3 is 0 Å². The van der Waals surface area contributed by atoms with Crippen LogP contribution in [0.5, 0.6) is 0 Å². The number of hydrogen-bond acceptors (Lipinski definition) is 4. The summed E-state index contributed by atoms with van der Waals surface area (Å²) in [6.45, 7) is 3.91.